The van der Waals surface area contributed by atoms with E-state index in [4.69, 9.17) is 0 Å². The number of rotatable bonds is 5. The maximum Gasteiger partial charge on any atom is 0.309 e. The van der Waals surface area contributed by atoms with Gasteiger partial charge in [0.15, 0.2) is 0 Å². The minimum Gasteiger partial charge on any atom is -0.235 e. The molecular weight excluding hydrogens is 272 g/mol. The van der Waals surface area contributed by atoms with Gasteiger partial charge in [-0.25, -0.2) is 9.69 Å². The molecule has 0 spiro atoms. The molecule has 1 unspecified atom stereocenters. The minimum absolute atomic E-state index is 0.682. The van der Waals surface area contributed by atoms with Crippen LogP contribution in [0.3, 0.4) is 0 Å². The first-order valence-corrected chi connectivity index (χ1v) is 7.75. The predicted octanol–water partition coefficient (Wildman–Crippen LogP) is 3.06. The quantitative estimate of drug-likeness (QED) is 0.860. The van der Waals surface area contributed by atoms with E-state index in [1.165, 1.54) is 16.3 Å². The number of amidine groups is 1. The third kappa shape index (κ3) is 3.23. The molecule has 1 atom stereocenters. The summed E-state index contributed by atoms with van der Waals surface area (Å²) in [6.45, 7) is 0. The lowest BCUT2D eigenvalue weighted by Gasteiger charge is -2.04. The average molecular weight is 288 g/mol. The van der Waals surface area contributed by atoms with Gasteiger partial charge in [-0.2, -0.15) is 4.28 Å². The SMILES string of the molecule is O=S1N=C(CCCCc2ccc3ccccc3c2)NO1. The Bertz CT molecular complexity index is 670. The molecule has 0 aliphatic carbocycles. The highest BCUT2D eigenvalue weighted by atomic mass is 32.2. The molecule has 0 saturated carbocycles. The van der Waals surface area contributed by atoms with E-state index in [2.05, 4.69) is 56.6 Å². The average Bonchev–Trinajstić information content (AvgIpc) is 2.89. The monoisotopic (exact) mass is 288 g/mol. The number of hydroxylamine groups is 1. The van der Waals surface area contributed by atoms with Gasteiger partial charge in [0.25, 0.3) is 0 Å². The predicted molar refractivity (Wildman–Crippen MR) is 81.3 cm³/mol. The first-order valence-electron chi connectivity index (χ1n) is 6.72. The Morgan fingerprint density at radius 3 is 2.65 bits per heavy atom. The summed E-state index contributed by atoms with van der Waals surface area (Å²) in [5.41, 5.74) is 3.93. The molecule has 0 bridgehead atoms. The van der Waals surface area contributed by atoms with Gasteiger partial charge in [0.2, 0.25) is 0 Å². The van der Waals surface area contributed by atoms with Crippen LogP contribution in [0.2, 0.25) is 0 Å². The molecule has 0 radical (unpaired) electrons. The molecule has 0 saturated heterocycles. The molecule has 104 valence electrons. The fraction of sp³-hybridized carbons (Fsp3) is 0.267. The van der Waals surface area contributed by atoms with Crippen molar-refractivity contribution in [1.82, 2.24) is 5.48 Å². The molecule has 0 aromatic heterocycles. The summed E-state index contributed by atoms with van der Waals surface area (Å²) in [6.07, 6.45) is 3.90. The van der Waals surface area contributed by atoms with E-state index >= 15 is 0 Å². The van der Waals surface area contributed by atoms with Gasteiger partial charge >= 0.3 is 11.3 Å². The molecular formula is C15H16N2O2S. The van der Waals surface area contributed by atoms with E-state index in [9.17, 15) is 4.21 Å². The summed E-state index contributed by atoms with van der Waals surface area (Å²) in [4.78, 5) is 0. The zero-order valence-corrected chi connectivity index (χ0v) is 11.9. The molecule has 5 heteroatoms. The van der Waals surface area contributed by atoms with E-state index in [0.717, 1.165) is 25.7 Å². The van der Waals surface area contributed by atoms with Crippen LogP contribution >= 0.6 is 0 Å². The molecule has 2 aromatic rings. The normalized spacial score (nSPS) is 18.0. The van der Waals surface area contributed by atoms with Gasteiger partial charge in [-0.15, -0.1) is 4.40 Å². The minimum atomic E-state index is -1.53. The largest absolute Gasteiger partial charge is 0.309 e. The van der Waals surface area contributed by atoms with Gasteiger partial charge in [-0.1, -0.05) is 42.5 Å². The summed E-state index contributed by atoms with van der Waals surface area (Å²) < 4.78 is 19.3. The molecule has 1 heterocycles. The van der Waals surface area contributed by atoms with Crippen molar-refractivity contribution in [3.63, 3.8) is 0 Å². The number of nitrogens with one attached hydrogen (secondary N) is 1. The van der Waals surface area contributed by atoms with Crippen molar-refractivity contribution < 1.29 is 8.49 Å². The highest BCUT2D eigenvalue weighted by Crippen LogP contribution is 2.17. The third-order valence-electron chi connectivity index (χ3n) is 3.36. The number of benzene rings is 2. The Hall–Kier alpha value is -1.72. The van der Waals surface area contributed by atoms with Gasteiger partial charge in [0.05, 0.1) is 0 Å². The molecule has 1 N–H and O–H groups in total. The van der Waals surface area contributed by atoms with Crippen molar-refractivity contribution in [3.8, 4) is 0 Å². The van der Waals surface area contributed by atoms with Crippen LogP contribution in [0.15, 0.2) is 46.9 Å². The molecule has 0 fully saturated rings. The Balaban J connectivity index is 1.52. The maximum absolute atomic E-state index is 10.9. The topological polar surface area (TPSA) is 50.7 Å². The second-order valence-electron chi connectivity index (χ2n) is 4.83. The molecule has 2 aromatic carbocycles. The van der Waals surface area contributed by atoms with E-state index < -0.39 is 11.3 Å². The van der Waals surface area contributed by atoms with Gasteiger partial charge in [-0.05, 0) is 35.6 Å². The van der Waals surface area contributed by atoms with Crippen LogP contribution in [-0.4, -0.2) is 10.0 Å². The smallest absolute Gasteiger partial charge is 0.235 e. The van der Waals surface area contributed by atoms with Gasteiger partial charge in [0, 0.05) is 6.42 Å². The van der Waals surface area contributed by atoms with Crippen molar-refractivity contribution in [2.45, 2.75) is 25.7 Å². The Morgan fingerprint density at radius 2 is 1.85 bits per heavy atom. The third-order valence-corrected chi connectivity index (χ3v) is 3.95. The fourth-order valence-corrected chi connectivity index (χ4v) is 2.84. The molecule has 1 aliphatic heterocycles. The summed E-state index contributed by atoms with van der Waals surface area (Å²) >= 11 is -1.53. The molecule has 0 amide bonds. The summed E-state index contributed by atoms with van der Waals surface area (Å²) in [6, 6.07) is 15.0. The van der Waals surface area contributed by atoms with E-state index in [1.54, 1.807) is 0 Å². The van der Waals surface area contributed by atoms with Crippen LogP contribution in [0.4, 0.5) is 0 Å². The molecule has 3 rings (SSSR count). The molecule has 4 nitrogen and oxygen atoms in total. The Morgan fingerprint density at radius 1 is 1.05 bits per heavy atom. The highest BCUT2D eigenvalue weighted by molar-refractivity contribution is 7.79. The number of fused-ring (bicyclic) bond motifs is 1. The van der Waals surface area contributed by atoms with Crippen molar-refractivity contribution in [1.29, 1.82) is 0 Å². The second kappa shape index (κ2) is 6.15. The number of nitrogens with zero attached hydrogens (tertiary/aromatic N) is 1. The number of hydrogen-bond acceptors (Lipinski definition) is 3. The summed E-state index contributed by atoms with van der Waals surface area (Å²) in [5.74, 6) is 0.682. The van der Waals surface area contributed by atoms with Gasteiger partial charge in [-0.3, -0.25) is 0 Å². The van der Waals surface area contributed by atoms with Crippen LogP contribution in [-0.2, 0) is 22.0 Å². The number of unbranched alkanes of at least 4 members (excludes halogenated alkanes) is 1. The molecule has 20 heavy (non-hydrogen) atoms. The number of hydrogen-bond donors (Lipinski definition) is 1. The lowest BCUT2D eigenvalue weighted by molar-refractivity contribution is 0.302. The number of aryl methyl sites for hydroxylation is 1. The van der Waals surface area contributed by atoms with Gasteiger partial charge < -0.3 is 0 Å². The van der Waals surface area contributed by atoms with Crippen molar-refractivity contribution >= 4 is 27.9 Å². The second-order valence-corrected chi connectivity index (χ2v) is 5.61. The van der Waals surface area contributed by atoms with Crippen molar-refractivity contribution in [2.75, 3.05) is 0 Å². The van der Waals surface area contributed by atoms with Crippen LogP contribution in [0.1, 0.15) is 24.8 Å². The standard InChI is InChI=1S/C15H16N2O2S/c18-20-17-15(16-19-20)8-4-1-5-12-9-10-13-6-2-3-7-14(13)11-12/h2-3,6-7,9-11H,1,4-5,8H2,(H,16,17). The Labute approximate surface area is 120 Å². The van der Waals surface area contributed by atoms with Crippen LogP contribution < -0.4 is 5.48 Å². The lowest BCUT2D eigenvalue weighted by atomic mass is 10.0. The first kappa shape index (κ1) is 13.3. The van der Waals surface area contributed by atoms with Crippen LogP contribution in [0, 0.1) is 0 Å². The van der Waals surface area contributed by atoms with E-state index in [-0.39, 0.29) is 0 Å². The lowest BCUT2D eigenvalue weighted by Crippen LogP contribution is -2.16. The summed E-state index contributed by atoms with van der Waals surface area (Å²) in [7, 11) is 0. The highest BCUT2D eigenvalue weighted by Gasteiger charge is 2.11. The van der Waals surface area contributed by atoms with Gasteiger partial charge in [0.1, 0.15) is 5.84 Å². The zero-order valence-electron chi connectivity index (χ0n) is 11.0. The maximum atomic E-state index is 10.9. The van der Waals surface area contributed by atoms with E-state index in [1.807, 2.05) is 0 Å². The fourth-order valence-electron chi connectivity index (χ4n) is 2.32. The first-order chi connectivity index (χ1) is 9.81. The Kier molecular flexibility index (Phi) is 4.08. The van der Waals surface area contributed by atoms with Crippen LogP contribution in [0.5, 0.6) is 0 Å². The molecule has 1 aliphatic rings. The zero-order chi connectivity index (χ0) is 13.8. The van der Waals surface area contributed by atoms with Crippen LogP contribution in [0.25, 0.3) is 10.8 Å². The summed E-state index contributed by atoms with van der Waals surface area (Å²) in [5, 5.41) is 2.57. The van der Waals surface area contributed by atoms with Crippen molar-refractivity contribution in [2.24, 2.45) is 4.40 Å². The van der Waals surface area contributed by atoms with Crippen molar-refractivity contribution in [3.05, 3.63) is 48.0 Å². The van der Waals surface area contributed by atoms with E-state index in [0.29, 0.717) is 5.84 Å².